The first-order valence-electron chi connectivity index (χ1n) is 13.6. The average molecular weight is 680 g/mol. The molecule has 2 heterocycles. The second-order valence-corrected chi connectivity index (χ2v) is 12.9. The van der Waals surface area contributed by atoms with Crippen molar-refractivity contribution in [2.24, 2.45) is 4.99 Å². The maximum atomic E-state index is 14.0. The summed E-state index contributed by atoms with van der Waals surface area (Å²) in [4.78, 5) is 33.7. The van der Waals surface area contributed by atoms with E-state index in [0.717, 1.165) is 26.1 Å². The van der Waals surface area contributed by atoms with Gasteiger partial charge in [-0.1, -0.05) is 69.7 Å². The van der Waals surface area contributed by atoms with Gasteiger partial charge in [0, 0.05) is 9.37 Å². The van der Waals surface area contributed by atoms with Gasteiger partial charge in [0.1, 0.15) is 6.61 Å². The van der Waals surface area contributed by atoms with Crippen molar-refractivity contribution in [1.82, 2.24) is 4.57 Å². The lowest BCUT2D eigenvalue weighted by atomic mass is 9.96. The molecule has 0 saturated carbocycles. The number of allylic oxidation sites excluding steroid dienone is 1. The van der Waals surface area contributed by atoms with Gasteiger partial charge in [-0.05, 0) is 74.1 Å². The molecule has 0 unspecified atom stereocenters. The van der Waals surface area contributed by atoms with E-state index < -0.39 is 12.0 Å². The first-order valence-corrected chi connectivity index (χ1v) is 16.4. The summed E-state index contributed by atoms with van der Waals surface area (Å²) in [6.45, 7) is 5.78. The molecule has 0 N–H and O–H groups in total. The number of thioether (sulfide) groups is 1. The fourth-order valence-corrected chi connectivity index (χ4v) is 6.65. The summed E-state index contributed by atoms with van der Waals surface area (Å²) in [5.41, 5.74) is 3.21. The van der Waals surface area contributed by atoms with Crippen LogP contribution in [0.5, 0.6) is 11.5 Å². The van der Waals surface area contributed by atoms with Crippen LogP contribution in [0.4, 0.5) is 0 Å². The van der Waals surface area contributed by atoms with Crippen molar-refractivity contribution in [3.05, 3.63) is 119 Å². The summed E-state index contributed by atoms with van der Waals surface area (Å²) >= 11 is 6.55. The van der Waals surface area contributed by atoms with Crippen LogP contribution >= 0.6 is 39.0 Å². The van der Waals surface area contributed by atoms with Gasteiger partial charge in [-0.15, -0.1) is 11.8 Å². The van der Waals surface area contributed by atoms with Gasteiger partial charge in [0.05, 0.1) is 35.1 Å². The van der Waals surface area contributed by atoms with Crippen molar-refractivity contribution in [1.29, 1.82) is 0 Å². The SMILES string of the molecule is COc1cc(/C=c2\sc3n(c2=O)[C@@H](c2ccc(SC)cc2)C(C(=O)OC(C)C)=C(C)N=3)c(Br)cc1OCc1ccccc1. The summed E-state index contributed by atoms with van der Waals surface area (Å²) in [6, 6.07) is 20.8. The number of carbonyl (C=O) groups excluding carboxylic acids is 1. The van der Waals surface area contributed by atoms with Gasteiger partial charge in [-0.2, -0.15) is 0 Å². The molecule has 0 fully saturated rings. The molecule has 5 rings (SSSR count). The molecule has 0 aliphatic carbocycles. The minimum atomic E-state index is -0.674. The molecule has 0 radical (unpaired) electrons. The molecule has 0 amide bonds. The third-order valence-corrected chi connectivity index (χ3v) is 9.24. The van der Waals surface area contributed by atoms with Gasteiger partial charge in [-0.25, -0.2) is 9.79 Å². The van der Waals surface area contributed by atoms with Gasteiger partial charge in [0.15, 0.2) is 16.3 Å². The summed E-state index contributed by atoms with van der Waals surface area (Å²) < 4.78 is 20.1. The van der Waals surface area contributed by atoms with E-state index in [1.807, 2.05) is 73.0 Å². The summed E-state index contributed by atoms with van der Waals surface area (Å²) in [5, 5.41) is 0. The van der Waals surface area contributed by atoms with Gasteiger partial charge < -0.3 is 14.2 Å². The molecule has 43 heavy (non-hydrogen) atoms. The first kappa shape index (κ1) is 30.8. The Morgan fingerprint density at radius 1 is 1.12 bits per heavy atom. The van der Waals surface area contributed by atoms with Crippen LogP contribution in [0.1, 0.15) is 43.5 Å². The van der Waals surface area contributed by atoms with Crippen molar-refractivity contribution < 1.29 is 19.0 Å². The predicted molar refractivity (Wildman–Crippen MR) is 175 cm³/mol. The number of hydrogen-bond acceptors (Lipinski definition) is 8. The molecule has 0 spiro atoms. The molecule has 0 bridgehead atoms. The molecule has 3 aromatic carbocycles. The number of esters is 1. The highest BCUT2D eigenvalue weighted by Crippen LogP contribution is 2.35. The third kappa shape index (κ3) is 6.66. The standard InChI is InChI=1S/C33H31BrN2O5S2/c1-19(2)41-32(38)29-20(3)35-33-36(30(29)22-11-13-24(42-5)14-12-22)31(37)28(43-33)16-23-15-26(39-4)27(17-25(23)34)40-18-21-9-7-6-8-10-21/h6-17,19,30H,18H2,1-5H3/b28-16-/t30-/m0/s1. The van der Waals surface area contributed by atoms with Crippen LogP contribution in [0.3, 0.4) is 0 Å². The fourth-order valence-electron chi connectivity index (χ4n) is 4.77. The van der Waals surface area contributed by atoms with Crippen LogP contribution in [-0.4, -0.2) is 30.0 Å². The maximum Gasteiger partial charge on any atom is 0.338 e. The number of rotatable bonds is 9. The lowest BCUT2D eigenvalue weighted by molar-refractivity contribution is -0.143. The zero-order chi connectivity index (χ0) is 30.7. The zero-order valence-electron chi connectivity index (χ0n) is 24.4. The number of nitrogens with zero attached hydrogens (tertiary/aromatic N) is 2. The number of carbonyl (C=O) groups is 1. The minimum absolute atomic E-state index is 0.250. The Hall–Kier alpha value is -3.60. The molecular formula is C33H31BrN2O5S2. The van der Waals surface area contributed by atoms with E-state index in [0.29, 0.717) is 38.7 Å². The summed E-state index contributed by atoms with van der Waals surface area (Å²) in [7, 11) is 1.58. The smallest absolute Gasteiger partial charge is 0.338 e. The molecule has 222 valence electrons. The number of methoxy groups -OCH3 is 1. The summed E-state index contributed by atoms with van der Waals surface area (Å²) in [5.74, 6) is 0.636. The Morgan fingerprint density at radius 2 is 1.84 bits per heavy atom. The minimum Gasteiger partial charge on any atom is -0.493 e. The van der Waals surface area contributed by atoms with Crippen LogP contribution in [0.25, 0.3) is 6.08 Å². The molecule has 10 heteroatoms. The number of hydrogen-bond donors (Lipinski definition) is 0. The van der Waals surface area contributed by atoms with Crippen LogP contribution in [0.2, 0.25) is 0 Å². The van der Waals surface area contributed by atoms with E-state index in [-0.39, 0.29) is 11.7 Å². The van der Waals surface area contributed by atoms with E-state index in [9.17, 15) is 9.59 Å². The monoisotopic (exact) mass is 678 g/mol. The van der Waals surface area contributed by atoms with Crippen LogP contribution < -0.4 is 24.4 Å². The quantitative estimate of drug-likeness (QED) is 0.154. The molecule has 4 aromatic rings. The number of benzene rings is 3. The van der Waals surface area contributed by atoms with Crippen molar-refractivity contribution in [3.8, 4) is 11.5 Å². The first-order chi connectivity index (χ1) is 20.7. The Labute approximate surface area is 266 Å². The fraction of sp³-hybridized carbons (Fsp3) is 0.242. The van der Waals surface area contributed by atoms with Crippen molar-refractivity contribution in [2.45, 2.75) is 44.4 Å². The molecule has 7 nitrogen and oxygen atoms in total. The molecule has 1 aromatic heterocycles. The van der Waals surface area contributed by atoms with E-state index in [1.54, 1.807) is 50.3 Å². The Morgan fingerprint density at radius 3 is 2.49 bits per heavy atom. The molecule has 1 aliphatic heterocycles. The third-order valence-electron chi connectivity index (χ3n) is 6.82. The number of halogens is 1. The molecule has 0 saturated heterocycles. The lowest BCUT2D eigenvalue weighted by Gasteiger charge is -2.25. The Kier molecular flexibility index (Phi) is 9.59. The number of fused-ring (bicyclic) bond motifs is 1. The number of aromatic nitrogens is 1. The molecule has 1 aliphatic rings. The molecular weight excluding hydrogens is 648 g/mol. The number of ether oxygens (including phenoxy) is 3. The van der Waals surface area contributed by atoms with E-state index in [4.69, 9.17) is 19.2 Å². The highest BCUT2D eigenvalue weighted by molar-refractivity contribution is 9.10. The Bertz CT molecular complexity index is 1860. The van der Waals surface area contributed by atoms with Crippen LogP contribution in [0.15, 0.2) is 97.2 Å². The number of thiazole rings is 1. The van der Waals surface area contributed by atoms with Crippen molar-refractivity contribution in [3.63, 3.8) is 0 Å². The zero-order valence-corrected chi connectivity index (χ0v) is 27.6. The van der Waals surface area contributed by atoms with Gasteiger partial charge in [-0.3, -0.25) is 9.36 Å². The second kappa shape index (κ2) is 13.4. The Balaban J connectivity index is 1.59. The largest absolute Gasteiger partial charge is 0.493 e. The normalized spacial score (nSPS) is 14.9. The van der Waals surface area contributed by atoms with E-state index in [2.05, 4.69) is 15.9 Å². The maximum absolute atomic E-state index is 14.0. The van der Waals surface area contributed by atoms with Gasteiger partial charge >= 0.3 is 5.97 Å². The van der Waals surface area contributed by atoms with Crippen molar-refractivity contribution in [2.75, 3.05) is 13.4 Å². The van der Waals surface area contributed by atoms with Crippen LogP contribution in [0, 0.1) is 0 Å². The molecule has 1 atom stereocenters. The van der Waals surface area contributed by atoms with Crippen LogP contribution in [-0.2, 0) is 16.1 Å². The second-order valence-electron chi connectivity index (χ2n) is 10.1. The summed E-state index contributed by atoms with van der Waals surface area (Å²) in [6.07, 6.45) is 3.49. The van der Waals surface area contributed by atoms with Gasteiger partial charge in [0.25, 0.3) is 5.56 Å². The van der Waals surface area contributed by atoms with Crippen molar-refractivity contribution >= 4 is 51.1 Å². The van der Waals surface area contributed by atoms with E-state index >= 15 is 0 Å². The predicted octanol–water partition coefficient (Wildman–Crippen LogP) is 6.26. The lowest BCUT2D eigenvalue weighted by Crippen LogP contribution is -2.40. The highest BCUT2D eigenvalue weighted by atomic mass is 79.9. The average Bonchev–Trinajstić information content (AvgIpc) is 3.30. The highest BCUT2D eigenvalue weighted by Gasteiger charge is 2.33. The van der Waals surface area contributed by atoms with Gasteiger partial charge in [0.2, 0.25) is 0 Å². The topological polar surface area (TPSA) is 79.1 Å². The van der Waals surface area contributed by atoms with E-state index in [1.165, 1.54) is 11.3 Å².